The number of halogens is 2. The van der Waals surface area contributed by atoms with Gasteiger partial charge in [-0.3, -0.25) is 9.69 Å². The van der Waals surface area contributed by atoms with Crippen LogP contribution in [0.2, 0.25) is 0 Å². The van der Waals surface area contributed by atoms with Crippen LogP contribution in [0.3, 0.4) is 0 Å². The summed E-state index contributed by atoms with van der Waals surface area (Å²) in [7, 11) is 1.95. The second kappa shape index (κ2) is 8.27. The summed E-state index contributed by atoms with van der Waals surface area (Å²) in [5.74, 6) is -0.0768. The number of aryl methyl sites for hydroxylation is 1. The zero-order valence-corrected chi connectivity index (χ0v) is 14.6. The Labute approximate surface area is 151 Å². The lowest BCUT2D eigenvalue weighted by molar-refractivity contribution is -0.117. The molecule has 1 aliphatic rings. The maximum atomic E-state index is 12.3. The molecular weight excluding hydrogens is 338 g/mol. The average Bonchev–Trinajstić information content (AvgIpc) is 2.62. The first kappa shape index (κ1) is 18.3. The highest BCUT2D eigenvalue weighted by Crippen LogP contribution is 2.33. The van der Waals surface area contributed by atoms with Gasteiger partial charge in [-0.1, -0.05) is 24.3 Å². The molecule has 0 aliphatic heterocycles. The molecule has 0 aromatic heterocycles. The predicted octanol–water partition coefficient (Wildman–Crippen LogP) is 4.24. The van der Waals surface area contributed by atoms with E-state index in [2.05, 4.69) is 33.2 Å². The van der Waals surface area contributed by atoms with Gasteiger partial charge in [0.25, 0.3) is 0 Å². The van der Waals surface area contributed by atoms with E-state index in [-0.39, 0.29) is 24.2 Å². The summed E-state index contributed by atoms with van der Waals surface area (Å²) in [6, 6.07) is 14.5. The fourth-order valence-corrected chi connectivity index (χ4v) is 3.44. The summed E-state index contributed by atoms with van der Waals surface area (Å²) in [5, 5.41) is 2.79. The van der Waals surface area contributed by atoms with Crippen molar-refractivity contribution in [2.45, 2.75) is 31.9 Å². The van der Waals surface area contributed by atoms with Crippen LogP contribution in [0.15, 0.2) is 48.5 Å². The fraction of sp³-hybridized carbons (Fsp3) is 0.350. The molecule has 26 heavy (non-hydrogen) atoms. The third kappa shape index (κ3) is 4.58. The van der Waals surface area contributed by atoms with Gasteiger partial charge in [-0.05, 0) is 61.7 Å². The molecule has 1 atom stereocenters. The Balaban J connectivity index is 1.58. The average molecular weight is 360 g/mol. The molecule has 0 radical (unpaired) electrons. The zero-order valence-electron chi connectivity index (χ0n) is 14.6. The van der Waals surface area contributed by atoms with Crippen LogP contribution in [0.1, 0.15) is 30.0 Å². The van der Waals surface area contributed by atoms with Gasteiger partial charge in [-0.2, -0.15) is 8.78 Å². The Bertz CT molecular complexity index is 750. The number of benzene rings is 2. The first-order valence-electron chi connectivity index (χ1n) is 8.65. The molecule has 1 aliphatic carbocycles. The van der Waals surface area contributed by atoms with E-state index in [0.717, 1.165) is 19.3 Å². The molecule has 0 saturated carbocycles. The molecule has 6 heteroatoms. The van der Waals surface area contributed by atoms with Crippen LogP contribution >= 0.6 is 0 Å². The highest BCUT2D eigenvalue weighted by Gasteiger charge is 2.24. The van der Waals surface area contributed by atoms with Gasteiger partial charge in [0, 0.05) is 11.7 Å². The quantitative estimate of drug-likeness (QED) is 0.838. The van der Waals surface area contributed by atoms with Crippen molar-refractivity contribution < 1.29 is 18.3 Å². The van der Waals surface area contributed by atoms with Crippen molar-refractivity contribution >= 4 is 11.6 Å². The molecule has 1 unspecified atom stereocenters. The largest absolute Gasteiger partial charge is 0.435 e. The van der Waals surface area contributed by atoms with Crippen molar-refractivity contribution in [2.24, 2.45) is 0 Å². The molecular formula is C20H22F2N2O2. The van der Waals surface area contributed by atoms with E-state index in [4.69, 9.17) is 0 Å². The van der Waals surface area contributed by atoms with Crippen LogP contribution in [0.4, 0.5) is 14.5 Å². The molecule has 4 nitrogen and oxygen atoms in total. The lowest BCUT2D eigenvalue weighted by Gasteiger charge is -2.32. The molecule has 2 aromatic carbocycles. The first-order chi connectivity index (χ1) is 12.5. The number of carbonyl (C=O) groups is 1. The van der Waals surface area contributed by atoms with Crippen molar-refractivity contribution in [2.75, 3.05) is 18.9 Å². The first-order valence-corrected chi connectivity index (χ1v) is 8.65. The number of hydrogen-bond donors (Lipinski definition) is 1. The van der Waals surface area contributed by atoms with Gasteiger partial charge >= 0.3 is 6.61 Å². The lowest BCUT2D eigenvalue weighted by Crippen LogP contribution is -2.34. The summed E-state index contributed by atoms with van der Waals surface area (Å²) in [5.41, 5.74) is 3.20. The maximum absolute atomic E-state index is 12.3. The normalized spacial score (nSPS) is 16.4. The van der Waals surface area contributed by atoms with E-state index in [1.807, 2.05) is 13.1 Å². The number of rotatable bonds is 6. The van der Waals surface area contributed by atoms with Gasteiger partial charge in [0.15, 0.2) is 0 Å². The molecule has 3 rings (SSSR count). The predicted molar refractivity (Wildman–Crippen MR) is 96.5 cm³/mol. The van der Waals surface area contributed by atoms with E-state index in [1.54, 1.807) is 12.1 Å². The molecule has 0 spiro atoms. The van der Waals surface area contributed by atoms with E-state index in [9.17, 15) is 13.6 Å². The number of nitrogens with zero attached hydrogens (tertiary/aromatic N) is 1. The molecule has 0 fully saturated rings. The third-order valence-electron chi connectivity index (χ3n) is 4.63. The molecule has 1 amide bonds. The van der Waals surface area contributed by atoms with Crippen molar-refractivity contribution in [3.05, 3.63) is 59.7 Å². The van der Waals surface area contributed by atoms with Gasteiger partial charge in [0.05, 0.1) is 6.54 Å². The number of alkyl halides is 2. The molecule has 2 aromatic rings. The molecule has 1 N–H and O–H groups in total. The van der Waals surface area contributed by atoms with Gasteiger partial charge in [-0.15, -0.1) is 0 Å². The SMILES string of the molecule is CN(CC(=O)Nc1ccc(OC(F)F)cc1)C1CCCc2ccccc21. The minimum atomic E-state index is -2.86. The topological polar surface area (TPSA) is 41.6 Å². The number of ether oxygens (including phenoxy) is 1. The smallest absolute Gasteiger partial charge is 0.387 e. The molecule has 0 bridgehead atoms. The van der Waals surface area contributed by atoms with Gasteiger partial charge in [0.2, 0.25) is 5.91 Å². The summed E-state index contributed by atoms with van der Waals surface area (Å²) in [4.78, 5) is 14.4. The van der Waals surface area contributed by atoms with Crippen LogP contribution in [-0.2, 0) is 11.2 Å². The van der Waals surface area contributed by atoms with E-state index in [1.165, 1.54) is 23.3 Å². The monoisotopic (exact) mass is 360 g/mol. The number of nitrogens with one attached hydrogen (secondary N) is 1. The van der Waals surface area contributed by atoms with Crippen molar-refractivity contribution in [1.29, 1.82) is 0 Å². The Morgan fingerprint density at radius 1 is 1.23 bits per heavy atom. The number of carbonyl (C=O) groups excluding carboxylic acids is 1. The van der Waals surface area contributed by atoms with Crippen LogP contribution in [-0.4, -0.2) is 31.0 Å². The molecule has 0 heterocycles. The minimum Gasteiger partial charge on any atom is -0.435 e. The van der Waals surface area contributed by atoms with Gasteiger partial charge < -0.3 is 10.1 Å². The number of amides is 1. The standard InChI is InChI=1S/C20H22F2N2O2/c1-24(18-8-4-6-14-5-2-3-7-17(14)18)13-19(25)23-15-9-11-16(12-10-15)26-20(21)22/h2-3,5,7,9-12,18,20H,4,6,8,13H2,1H3,(H,23,25). The number of hydrogen-bond acceptors (Lipinski definition) is 3. The van der Waals surface area contributed by atoms with E-state index >= 15 is 0 Å². The van der Waals surface area contributed by atoms with E-state index < -0.39 is 6.61 Å². The maximum Gasteiger partial charge on any atom is 0.387 e. The summed E-state index contributed by atoms with van der Waals surface area (Å²) in [6.45, 7) is -2.60. The Morgan fingerprint density at radius 3 is 2.69 bits per heavy atom. The highest BCUT2D eigenvalue weighted by atomic mass is 19.3. The lowest BCUT2D eigenvalue weighted by atomic mass is 9.87. The van der Waals surface area contributed by atoms with Crippen LogP contribution in [0.5, 0.6) is 5.75 Å². The molecule has 138 valence electrons. The number of likely N-dealkylation sites (N-methyl/N-ethyl adjacent to an activating group) is 1. The van der Waals surface area contributed by atoms with Crippen molar-refractivity contribution in [3.63, 3.8) is 0 Å². The number of fused-ring (bicyclic) bond motifs is 1. The second-order valence-corrected chi connectivity index (χ2v) is 6.47. The molecule has 0 saturated heterocycles. The Morgan fingerprint density at radius 2 is 1.96 bits per heavy atom. The zero-order chi connectivity index (χ0) is 18.5. The van der Waals surface area contributed by atoms with E-state index in [0.29, 0.717) is 5.69 Å². The Hall–Kier alpha value is -2.47. The fourth-order valence-electron chi connectivity index (χ4n) is 3.44. The van der Waals surface area contributed by atoms with Gasteiger partial charge in [0.1, 0.15) is 5.75 Å². The summed E-state index contributed by atoms with van der Waals surface area (Å²) >= 11 is 0. The minimum absolute atomic E-state index is 0.0638. The highest BCUT2D eigenvalue weighted by molar-refractivity contribution is 5.92. The van der Waals surface area contributed by atoms with Crippen molar-refractivity contribution in [3.8, 4) is 5.75 Å². The summed E-state index contributed by atoms with van der Waals surface area (Å²) in [6.07, 6.45) is 3.22. The summed E-state index contributed by atoms with van der Waals surface area (Å²) < 4.78 is 28.6. The second-order valence-electron chi connectivity index (χ2n) is 6.47. The van der Waals surface area contributed by atoms with Crippen molar-refractivity contribution in [1.82, 2.24) is 4.90 Å². The third-order valence-corrected chi connectivity index (χ3v) is 4.63. The van der Waals surface area contributed by atoms with Gasteiger partial charge in [-0.25, -0.2) is 0 Å². The Kier molecular flexibility index (Phi) is 5.83. The van der Waals surface area contributed by atoms with Crippen LogP contribution < -0.4 is 10.1 Å². The van der Waals surface area contributed by atoms with Crippen LogP contribution in [0, 0.1) is 0 Å². The number of anilines is 1. The van der Waals surface area contributed by atoms with Crippen LogP contribution in [0.25, 0.3) is 0 Å².